The summed E-state index contributed by atoms with van der Waals surface area (Å²) in [6, 6.07) is 12.7. The van der Waals surface area contributed by atoms with Gasteiger partial charge in [-0.05, 0) is 42.8 Å². The molecule has 0 amide bonds. The largest absolute Gasteiger partial charge is 0.508 e. The normalized spacial score (nSPS) is 10.7. The first kappa shape index (κ1) is 12.9. The van der Waals surface area contributed by atoms with E-state index in [2.05, 4.69) is 20.9 Å². The van der Waals surface area contributed by atoms with Gasteiger partial charge in [-0.1, -0.05) is 22.0 Å². The summed E-state index contributed by atoms with van der Waals surface area (Å²) in [5.74, 6) is 1.53. The van der Waals surface area contributed by atoms with Crippen LogP contribution < -0.4 is 4.74 Å². The molecule has 0 radical (unpaired) electrons. The fourth-order valence-electron chi connectivity index (χ4n) is 2.00. The van der Waals surface area contributed by atoms with E-state index in [1.54, 1.807) is 18.3 Å². The average Bonchev–Trinajstić information content (AvgIpc) is 2.43. The third-order valence-electron chi connectivity index (χ3n) is 3.06. The SMILES string of the molecule is Cc1ccc(O)cc1Oc1ccnc2ccc(Br)cc12. The molecule has 2 aromatic carbocycles. The zero-order valence-electron chi connectivity index (χ0n) is 10.8. The molecule has 0 bridgehead atoms. The maximum atomic E-state index is 9.57. The van der Waals surface area contributed by atoms with E-state index in [4.69, 9.17) is 4.74 Å². The number of rotatable bonds is 2. The van der Waals surface area contributed by atoms with Crippen LogP contribution in [0.1, 0.15) is 5.56 Å². The lowest BCUT2D eigenvalue weighted by Gasteiger charge is -2.11. The molecule has 0 spiro atoms. The molecule has 100 valence electrons. The number of aryl methyl sites for hydroxylation is 1. The van der Waals surface area contributed by atoms with Crippen LogP contribution in [0.2, 0.25) is 0 Å². The summed E-state index contributed by atoms with van der Waals surface area (Å²) in [5.41, 5.74) is 1.83. The van der Waals surface area contributed by atoms with Gasteiger partial charge in [0.1, 0.15) is 17.2 Å². The van der Waals surface area contributed by atoms with Crippen LogP contribution >= 0.6 is 15.9 Å². The summed E-state index contributed by atoms with van der Waals surface area (Å²) < 4.78 is 6.91. The lowest BCUT2D eigenvalue weighted by atomic mass is 10.2. The highest BCUT2D eigenvalue weighted by atomic mass is 79.9. The Kier molecular flexibility index (Phi) is 3.32. The Bertz CT molecular complexity index is 787. The van der Waals surface area contributed by atoms with Crippen molar-refractivity contribution in [3.05, 3.63) is 58.7 Å². The van der Waals surface area contributed by atoms with Gasteiger partial charge in [0.2, 0.25) is 0 Å². The van der Waals surface area contributed by atoms with Crippen LogP contribution in [0.25, 0.3) is 10.9 Å². The van der Waals surface area contributed by atoms with Gasteiger partial charge in [0.25, 0.3) is 0 Å². The van der Waals surface area contributed by atoms with E-state index in [-0.39, 0.29) is 5.75 Å². The lowest BCUT2D eigenvalue weighted by Crippen LogP contribution is -1.90. The van der Waals surface area contributed by atoms with Gasteiger partial charge in [-0.25, -0.2) is 0 Å². The molecule has 0 unspecified atom stereocenters. The molecule has 0 aliphatic rings. The quantitative estimate of drug-likeness (QED) is 0.734. The van der Waals surface area contributed by atoms with Crippen molar-refractivity contribution in [3.63, 3.8) is 0 Å². The fourth-order valence-corrected chi connectivity index (χ4v) is 2.36. The van der Waals surface area contributed by atoms with Gasteiger partial charge in [-0.15, -0.1) is 0 Å². The number of ether oxygens (including phenoxy) is 1. The number of hydrogen-bond donors (Lipinski definition) is 1. The number of aromatic nitrogens is 1. The van der Waals surface area contributed by atoms with Gasteiger partial charge in [-0.3, -0.25) is 4.98 Å². The standard InChI is InChI=1S/C16H12BrNO2/c1-10-2-4-12(19)9-16(10)20-15-6-7-18-14-5-3-11(17)8-13(14)15/h2-9,19H,1H3. The van der Waals surface area contributed by atoms with Crippen molar-refractivity contribution in [2.75, 3.05) is 0 Å². The van der Waals surface area contributed by atoms with Crippen LogP contribution in [-0.2, 0) is 0 Å². The first-order valence-corrected chi connectivity index (χ1v) is 6.94. The van der Waals surface area contributed by atoms with E-state index in [0.29, 0.717) is 11.5 Å². The molecule has 1 heterocycles. The molecule has 20 heavy (non-hydrogen) atoms. The lowest BCUT2D eigenvalue weighted by molar-refractivity contribution is 0.455. The Morgan fingerprint density at radius 2 is 1.90 bits per heavy atom. The van der Waals surface area contributed by atoms with Crippen molar-refractivity contribution in [2.24, 2.45) is 0 Å². The zero-order chi connectivity index (χ0) is 14.1. The van der Waals surface area contributed by atoms with E-state index in [9.17, 15) is 5.11 Å². The van der Waals surface area contributed by atoms with Crippen molar-refractivity contribution < 1.29 is 9.84 Å². The van der Waals surface area contributed by atoms with Gasteiger partial charge in [-0.2, -0.15) is 0 Å². The number of pyridine rings is 1. The highest BCUT2D eigenvalue weighted by molar-refractivity contribution is 9.10. The fraction of sp³-hybridized carbons (Fsp3) is 0.0625. The molecule has 4 heteroatoms. The summed E-state index contributed by atoms with van der Waals surface area (Å²) in [6.45, 7) is 1.94. The first-order chi connectivity index (χ1) is 9.63. The summed E-state index contributed by atoms with van der Waals surface area (Å²) in [6.07, 6.45) is 1.71. The molecule has 0 fully saturated rings. The summed E-state index contributed by atoms with van der Waals surface area (Å²) in [5, 5.41) is 10.5. The molecule has 3 rings (SSSR count). The third-order valence-corrected chi connectivity index (χ3v) is 3.55. The van der Waals surface area contributed by atoms with Crippen molar-refractivity contribution in [1.82, 2.24) is 4.98 Å². The number of benzene rings is 2. The van der Waals surface area contributed by atoms with Crippen molar-refractivity contribution >= 4 is 26.8 Å². The van der Waals surface area contributed by atoms with Crippen LogP contribution in [0.4, 0.5) is 0 Å². The van der Waals surface area contributed by atoms with Crippen LogP contribution in [0.15, 0.2) is 53.1 Å². The van der Waals surface area contributed by atoms with Gasteiger partial charge in [0.15, 0.2) is 0 Å². The number of fused-ring (bicyclic) bond motifs is 1. The van der Waals surface area contributed by atoms with Gasteiger partial charge >= 0.3 is 0 Å². The molecule has 1 aromatic heterocycles. The molecule has 3 aromatic rings. The maximum Gasteiger partial charge on any atom is 0.138 e. The average molecular weight is 330 g/mol. The van der Waals surface area contributed by atoms with E-state index < -0.39 is 0 Å². The van der Waals surface area contributed by atoms with Crippen LogP contribution in [0.5, 0.6) is 17.2 Å². The van der Waals surface area contributed by atoms with Crippen LogP contribution in [0.3, 0.4) is 0 Å². The molecular weight excluding hydrogens is 318 g/mol. The summed E-state index contributed by atoms with van der Waals surface area (Å²) in [4.78, 5) is 4.31. The predicted octanol–water partition coefficient (Wildman–Crippen LogP) is 4.80. The first-order valence-electron chi connectivity index (χ1n) is 6.15. The molecule has 0 atom stereocenters. The molecule has 0 aliphatic heterocycles. The minimum absolute atomic E-state index is 0.185. The number of phenols is 1. The molecule has 3 nitrogen and oxygen atoms in total. The Hall–Kier alpha value is -2.07. The molecular formula is C16H12BrNO2. The van der Waals surface area contributed by atoms with E-state index in [1.807, 2.05) is 37.3 Å². The second kappa shape index (κ2) is 5.13. The number of aromatic hydroxyl groups is 1. The Morgan fingerprint density at radius 3 is 2.75 bits per heavy atom. The minimum Gasteiger partial charge on any atom is -0.508 e. The Balaban J connectivity index is 2.10. The summed E-state index contributed by atoms with van der Waals surface area (Å²) in [7, 11) is 0. The Labute approximate surface area is 125 Å². The molecule has 1 N–H and O–H groups in total. The summed E-state index contributed by atoms with van der Waals surface area (Å²) >= 11 is 3.45. The van der Waals surface area contributed by atoms with E-state index >= 15 is 0 Å². The Morgan fingerprint density at radius 1 is 1.05 bits per heavy atom. The van der Waals surface area contributed by atoms with Crippen molar-refractivity contribution in [3.8, 4) is 17.2 Å². The monoisotopic (exact) mass is 329 g/mol. The smallest absolute Gasteiger partial charge is 0.138 e. The van der Waals surface area contributed by atoms with Crippen molar-refractivity contribution in [1.29, 1.82) is 0 Å². The van der Waals surface area contributed by atoms with Crippen LogP contribution in [0, 0.1) is 6.92 Å². The van der Waals surface area contributed by atoms with Gasteiger partial charge in [0.05, 0.1) is 5.52 Å². The molecule has 0 saturated carbocycles. The molecule has 0 saturated heterocycles. The van der Waals surface area contributed by atoms with E-state index in [1.165, 1.54) is 0 Å². The van der Waals surface area contributed by atoms with Gasteiger partial charge in [0, 0.05) is 22.1 Å². The predicted molar refractivity (Wildman–Crippen MR) is 82.4 cm³/mol. The number of hydrogen-bond acceptors (Lipinski definition) is 3. The topological polar surface area (TPSA) is 42.4 Å². The number of phenolic OH excluding ortho intramolecular Hbond substituents is 1. The van der Waals surface area contributed by atoms with Crippen LogP contribution in [-0.4, -0.2) is 10.1 Å². The minimum atomic E-state index is 0.185. The van der Waals surface area contributed by atoms with Gasteiger partial charge < -0.3 is 9.84 Å². The molecule has 0 aliphatic carbocycles. The zero-order valence-corrected chi connectivity index (χ0v) is 12.4. The van der Waals surface area contributed by atoms with Crippen molar-refractivity contribution in [2.45, 2.75) is 6.92 Å². The third kappa shape index (κ3) is 2.47. The number of halogens is 1. The highest BCUT2D eigenvalue weighted by Gasteiger charge is 2.07. The van der Waals surface area contributed by atoms with E-state index in [0.717, 1.165) is 20.9 Å². The number of nitrogens with zero attached hydrogens (tertiary/aromatic N) is 1. The second-order valence-corrected chi connectivity index (χ2v) is 5.44. The highest BCUT2D eigenvalue weighted by Crippen LogP contribution is 2.33. The maximum absolute atomic E-state index is 9.57. The second-order valence-electron chi connectivity index (χ2n) is 4.52.